The molecule has 30 heavy (non-hydrogen) atoms. The monoisotopic (exact) mass is 412 g/mol. The molecule has 9 nitrogen and oxygen atoms in total. The molecule has 0 bridgehead atoms. The first-order valence-corrected chi connectivity index (χ1v) is 9.39. The van der Waals surface area contributed by atoms with Crippen LogP contribution < -0.4 is 25.5 Å². The van der Waals surface area contributed by atoms with E-state index in [1.54, 1.807) is 55.5 Å². The Bertz CT molecular complexity index is 897. The van der Waals surface area contributed by atoms with E-state index in [2.05, 4.69) is 21.2 Å². The van der Waals surface area contributed by atoms with Crippen molar-refractivity contribution in [2.75, 3.05) is 25.1 Å². The maximum atomic E-state index is 12.1. The zero-order chi connectivity index (χ0) is 21.8. The van der Waals surface area contributed by atoms with Crippen molar-refractivity contribution in [1.29, 1.82) is 0 Å². The third-order valence-electron chi connectivity index (χ3n) is 3.64. The Morgan fingerprint density at radius 2 is 1.70 bits per heavy atom. The predicted octanol–water partition coefficient (Wildman–Crippen LogP) is 1.69. The number of ether oxygens (including phenoxy) is 2. The summed E-state index contributed by atoms with van der Waals surface area (Å²) < 4.78 is 10.9. The van der Waals surface area contributed by atoms with Gasteiger partial charge in [-0.3, -0.25) is 14.4 Å². The van der Waals surface area contributed by atoms with E-state index in [1.807, 2.05) is 6.92 Å². The van der Waals surface area contributed by atoms with Crippen LogP contribution in [-0.2, 0) is 14.4 Å². The number of hydrazone groups is 1. The second-order valence-electron chi connectivity index (χ2n) is 5.89. The lowest BCUT2D eigenvalue weighted by molar-refractivity contribution is -0.139. The number of hydrogen-bond donors (Lipinski definition) is 3. The second kappa shape index (κ2) is 11.8. The predicted molar refractivity (Wildman–Crippen MR) is 113 cm³/mol. The number of anilines is 1. The number of amides is 3. The first-order valence-electron chi connectivity index (χ1n) is 9.39. The van der Waals surface area contributed by atoms with Crippen LogP contribution in [-0.4, -0.2) is 43.7 Å². The first-order chi connectivity index (χ1) is 14.5. The molecule has 2 rings (SSSR count). The van der Waals surface area contributed by atoms with Crippen molar-refractivity contribution in [2.45, 2.75) is 13.8 Å². The normalized spacial score (nSPS) is 10.3. The highest BCUT2D eigenvalue weighted by molar-refractivity contribution is 6.35. The van der Waals surface area contributed by atoms with Crippen LogP contribution in [0.2, 0.25) is 0 Å². The first kappa shape index (κ1) is 22.4. The van der Waals surface area contributed by atoms with E-state index < -0.39 is 11.8 Å². The number of nitrogens with zero attached hydrogens (tertiary/aromatic N) is 1. The number of hydrogen-bond acceptors (Lipinski definition) is 6. The summed E-state index contributed by atoms with van der Waals surface area (Å²) in [5.74, 6) is -0.864. The summed E-state index contributed by atoms with van der Waals surface area (Å²) in [5.41, 5.74) is 3.28. The van der Waals surface area contributed by atoms with Gasteiger partial charge in [0.1, 0.15) is 11.5 Å². The van der Waals surface area contributed by atoms with Crippen LogP contribution in [0.3, 0.4) is 0 Å². The van der Waals surface area contributed by atoms with Gasteiger partial charge < -0.3 is 20.1 Å². The van der Waals surface area contributed by atoms with Crippen molar-refractivity contribution >= 4 is 29.6 Å². The molecular formula is C21H24N4O5. The topological polar surface area (TPSA) is 118 Å². The molecule has 0 atom stereocenters. The third-order valence-corrected chi connectivity index (χ3v) is 3.64. The molecule has 0 saturated heterocycles. The number of nitrogens with one attached hydrogen (secondary N) is 3. The van der Waals surface area contributed by atoms with Crippen LogP contribution >= 0.6 is 0 Å². The number of benzene rings is 2. The van der Waals surface area contributed by atoms with Crippen LogP contribution in [0.15, 0.2) is 53.6 Å². The molecule has 0 aliphatic heterocycles. The molecule has 0 spiro atoms. The largest absolute Gasteiger partial charge is 0.494 e. The quantitative estimate of drug-likeness (QED) is 0.329. The molecule has 158 valence electrons. The minimum Gasteiger partial charge on any atom is -0.494 e. The third kappa shape index (κ3) is 7.27. The Morgan fingerprint density at radius 1 is 0.967 bits per heavy atom. The van der Waals surface area contributed by atoms with Gasteiger partial charge in [0.05, 0.1) is 12.8 Å². The number of para-hydroxylation sites is 1. The van der Waals surface area contributed by atoms with E-state index in [-0.39, 0.29) is 12.5 Å². The van der Waals surface area contributed by atoms with Gasteiger partial charge in [-0.15, -0.1) is 0 Å². The molecule has 0 aliphatic rings. The fourth-order valence-corrected chi connectivity index (χ4v) is 2.31. The highest BCUT2D eigenvalue weighted by atomic mass is 16.5. The molecule has 0 saturated carbocycles. The fourth-order valence-electron chi connectivity index (χ4n) is 2.31. The molecule has 0 heterocycles. The summed E-state index contributed by atoms with van der Waals surface area (Å²) in [6.07, 6.45) is 1.33. The maximum absolute atomic E-state index is 12.1. The van der Waals surface area contributed by atoms with Crippen molar-refractivity contribution in [3.8, 4) is 11.5 Å². The van der Waals surface area contributed by atoms with Gasteiger partial charge in [0.15, 0.2) is 6.61 Å². The van der Waals surface area contributed by atoms with Crippen molar-refractivity contribution < 1.29 is 23.9 Å². The molecule has 0 unspecified atom stereocenters. The fraction of sp³-hybridized carbons (Fsp3) is 0.238. The highest BCUT2D eigenvalue weighted by Gasteiger charge is 2.11. The summed E-state index contributed by atoms with van der Waals surface area (Å²) in [7, 11) is 0. The van der Waals surface area contributed by atoms with Gasteiger partial charge in [-0.05, 0) is 50.2 Å². The molecule has 2 aromatic rings. The van der Waals surface area contributed by atoms with Crippen LogP contribution in [0, 0.1) is 0 Å². The summed E-state index contributed by atoms with van der Waals surface area (Å²) >= 11 is 0. The van der Waals surface area contributed by atoms with E-state index in [4.69, 9.17) is 9.47 Å². The van der Waals surface area contributed by atoms with E-state index in [0.29, 0.717) is 30.2 Å². The smallest absolute Gasteiger partial charge is 0.329 e. The molecule has 0 radical (unpaired) electrons. The second-order valence-corrected chi connectivity index (χ2v) is 5.89. The van der Waals surface area contributed by atoms with E-state index in [1.165, 1.54) is 6.21 Å². The molecular weight excluding hydrogens is 388 g/mol. The Hall–Kier alpha value is -3.88. The van der Waals surface area contributed by atoms with Gasteiger partial charge in [0.2, 0.25) is 0 Å². The maximum Gasteiger partial charge on any atom is 0.329 e. The van der Waals surface area contributed by atoms with E-state index >= 15 is 0 Å². The standard InChI is InChI=1S/C21H24N4O5/c1-3-22-20(27)21(28)25-23-13-15-7-5-6-8-18(15)30-14-19(26)24-16-9-11-17(12-10-16)29-4-2/h5-13H,3-4,14H2,1-2H3,(H,22,27)(H,24,26)(H,25,28)/b23-13-. The van der Waals surface area contributed by atoms with Crippen molar-refractivity contribution in [2.24, 2.45) is 5.10 Å². The summed E-state index contributed by atoms with van der Waals surface area (Å²) in [4.78, 5) is 35.0. The molecule has 0 fully saturated rings. The van der Waals surface area contributed by atoms with Crippen molar-refractivity contribution in [3.05, 3.63) is 54.1 Å². The minimum atomic E-state index is -0.874. The molecule has 3 N–H and O–H groups in total. The van der Waals surface area contributed by atoms with Crippen LogP contribution in [0.25, 0.3) is 0 Å². The molecule has 9 heteroatoms. The van der Waals surface area contributed by atoms with Crippen molar-refractivity contribution in [3.63, 3.8) is 0 Å². The average molecular weight is 412 g/mol. The van der Waals surface area contributed by atoms with Crippen LogP contribution in [0.1, 0.15) is 19.4 Å². The Kier molecular flexibility index (Phi) is 8.85. The molecule has 3 amide bonds. The van der Waals surface area contributed by atoms with Gasteiger partial charge in [-0.1, -0.05) is 12.1 Å². The lowest BCUT2D eigenvalue weighted by atomic mass is 10.2. The Morgan fingerprint density at radius 3 is 2.40 bits per heavy atom. The zero-order valence-corrected chi connectivity index (χ0v) is 16.8. The van der Waals surface area contributed by atoms with Crippen LogP contribution in [0.4, 0.5) is 5.69 Å². The highest BCUT2D eigenvalue weighted by Crippen LogP contribution is 2.17. The van der Waals surface area contributed by atoms with Gasteiger partial charge in [0, 0.05) is 17.8 Å². The average Bonchev–Trinajstić information content (AvgIpc) is 2.74. The Labute approximate surface area is 174 Å². The molecule has 0 aromatic heterocycles. The SMILES string of the molecule is CCNC(=O)C(=O)N/N=C\c1ccccc1OCC(=O)Nc1ccc(OCC)cc1. The zero-order valence-electron chi connectivity index (χ0n) is 16.8. The van der Waals surface area contributed by atoms with E-state index in [0.717, 1.165) is 5.75 Å². The molecule has 2 aromatic carbocycles. The lowest BCUT2D eigenvalue weighted by Gasteiger charge is -2.10. The van der Waals surface area contributed by atoms with Crippen LogP contribution in [0.5, 0.6) is 11.5 Å². The summed E-state index contributed by atoms with van der Waals surface area (Å²) in [5, 5.41) is 8.84. The van der Waals surface area contributed by atoms with Gasteiger partial charge >= 0.3 is 11.8 Å². The van der Waals surface area contributed by atoms with E-state index in [9.17, 15) is 14.4 Å². The summed E-state index contributed by atoms with van der Waals surface area (Å²) in [6, 6.07) is 13.9. The number of carbonyl (C=O) groups excluding carboxylic acids is 3. The lowest BCUT2D eigenvalue weighted by Crippen LogP contribution is -2.37. The molecule has 0 aliphatic carbocycles. The minimum absolute atomic E-state index is 0.219. The Balaban J connectivity index is 1.89. The van der Waals surface area contributed by atoms with Crippen molar-refractivity contribution in [1.82, 2.24) is 10.7 Å². The summed E-state index contributed by atoms with van der Waals surface area (Å²) in [6.45, 7) is 4.29. The van der Waals surface area contributed by atoms with Gasteiger partial charge in [-0.2, -0.15) is 5.10 Å². The van der Waals surface area contributed by atoms with Gasteiger partial charge in [0.25, 0.3) is 5.91 Å². The van der Waals surface area contributed by atoms with Gasteiger partial charge in [-0.25, -0.2) is 5.43 Å². The number of rotatable bonds is 9. The number of likely N-dealkylation sites (N-methyl/N-ethyl adjacent to an activating group) is 1. The number of carbonyl (C=O) groups is 3.